The molecule has 2 aliphatic rings. The molecule has 1 saturated heterocycles. The highest BCUT2D eigenvalue weighted by molar-refractivity contribution is 5.94. The zero-order valence-corrected chi connectivity index (χ0v) is 19.6. The summed E-state index contributed by atoms with van der Waals surface area (Å²) >= 11 is 0. The van der Waals surface area contributed by atoms with Crippen LogP contribution in [0, 0.1) is 5.92 Å². The summed E-state index contributed by atoms with van der Waals surface area (Å²) in [5.74, 6) is 0.577. The number of para-hydroxylation sites is 1. The van der Waals surface area contributed by atoms with E-state index in [9.17, 15) is 14.4 Å². The minimum atomic E-state index is -0.0895. The molecule has 4 rings (SSSR count). The lowest BCUT2D eigenvalue weighted by Gasteiger charge is -2.34. The molecule has 0 radical (unpaired) electrons. The Balaban J connectivity index is 1.19. The topological polar surface area (TPSA) is 91.0 Å². The van der Waals surface area contributed by atoms with Crippen molar-refractivity contribution >= 4 is 29.1 Å². The lowest BCUT2D eigenvalue weighted by molar-refractivity contribution is -0.135. The summed E-state index contributed by atoms with van der Waals surface area (Å²) < 4.78 is 5.68. The van der Waals surface area contributed by atoms with Crippen molar-refractivity contribution in [2.45, 2.75) is 26.2 Å². The molecule has 1 aliphatic heterocycles. The van der Waals surface area contributed by atoms with Crippen LogP contribution in [-0.4, -0.2) is 66.9 Å². The summed E-state index contributed by atoms with van der Waals surface area (Å²) in [5.41, 5.74) is 2.65. The molecule has 8 heteroatoms. The minimum absolute atomic E-state index is 0.0364. The van der Waals surface area contributed by atoms with Crippen LogP contribution in [0.4, 0.5) is 11.4 Å². The number of nitrogens with one attached hydrogen (secondary N) is 2. The van der Waals surface area contributed by atoms with Gasteiger partial charge in [0.2, 0.25) is 11.8 Å². The van der Waals surface area contributed by atoms with E-state index in [0.717, 1.165) is 30.5 Å². The van der Waals surface area contributed by atoms with E-state index in [1.165, 1.54) is 0 Å². The number of piperazine rings is 1. The van der Waals surface area contributed by atoms with Crippen LogP contribution in [0.15, 0.2) is 48.5 Å². The molecule has 8 nitrogen and oxygen atoms in total. The molecule has 34 heavy (non-hydrogen) atoms. The molecule has 2 fully saturated rings. The van der Waals surface area contributed by atoms with Gasteiger partial charge in [0.1, 0.15) is 5.75 Å². The summed E-state index contributed by atoms with van der Waals surface area (Å²) in [5, 5.41) is 5.88. The number of anilines is 2. The van der Waals surface area contributed by atoms with Gasteiger partial charge in [-0.05, 0) is 43.0 Å². The van der Waals surface area contributed by atoms with E-state index < -0.39 is 0 Å². The average molecular weight is 465 g/mol. The molecular weight excluding hydrogens is 432 g/mol. The van der Waals surface area contributed by atoms with Crippen molar-refractivity contribution in [3.05, 3.63) is 54.1 Å². The molecule has 0 aromatic heterocycles. The first-order valence-corrected chi connectivity index (χ1v) is 11.9. The van der Waals surface area contributed by atoms with Crippen molar-refractivity contribution in [3.63, 3.8) is 0 Å². The number of nitrogens with zero attached hydrogens (tertiary/aromatic N) is 2. The van der Waals surface area contributed by atoms with Gasteiger partial charge in [-0.2, -0.15) is 0 Å². The number of ether oxygens (including phenoxy) is 1. The molecule has 1 aliphatic carbocycles. The predicted molar refractivity (Wildman–Crippen MR) is 131 cm³/mol. The molecular formula is C26H32N4O4. The maximum Gasteiger partial charge on any atom is 0.260 e. The first-order chi connectivity index (χ1) is 16.5. The monoisotopic (exact) mass is 464 g/mol. The quantitative estimate of drug-likeness (QED) is 0.596. The second kappa shape index (κ2) is 11.2. The smallest absolute Gasteiger partial charge is 0.260 e. The lowest BCUT2D eigenvalue weighted by atomic mass is 10.1. The van der Waals surface area contributed by atoms with Crippen molar-refractivity contribution in [1.82, 2.24) is 9.80 Å². The lowest BCUT2D eigenvalue weighted by Crippen LogP contribution is -2.51. The predicted octanol–water partition coefficient (Wildman–Crippen LogP) is 2.76. The molecule has 0 bridgehead atoms. The second-order valence-electron chi connectivity index (χ2n) is 8.80. The van der Waals surface area contributed by atoms with Gasteiger partial charge in [-0.3, -0.25) is 19.3 Å². The molecule has 3 amide bonds. The average Bonchev–Trinajstić information content (AvgIpc) is 3.69. The molecule has 1 heterocycles. The SMILES string of the molecule is CCc1ccccc1NC(=O)CN1CCN(C(=O)COc2cccc(NC(=O)C3CC3)c2)CC1. The van der Waals surface area contributed by atoms with Gasteiger partial charge in [0.25, 0.3) is 5.91 Å². The van der Waals surface area contributed by atoms with E-state index in [0.29, 0.717) is 44.2 Å². The van der Waals surface area contributed by atoms with Crippen molar-refractivity contribution in [1.29, 1.82) is 0 Å². The maximum absolute atomic E-state index is 12.6. The Morgan fingerprint density at radius 1 is 0.971 bits per heavy atom. The number of rotatable bonds is 9. The van der Waals surface area contributed by atoms with Gasteiger partial charge < -0.3 is 20.3 Å². The first-order valence-electron chi connectivity index (χ1n) is 11.9. The first kappa shape index (κ1) is 23.8. The van der Waals surface area contributed by atoms with Crippen LogP contribution < -0.4 is 15.4 Å². The van der Waals surface area contributed by atoms with Gasteiger partial charge in [0.15, 0.2) is 6.61 Å². The van der Waals surface area contributed by atoms with Gasteiger partial charge >= 0.3 is 0 Å². The molecule has 2 aromatic rings. The number of amides is 3. The van der Waals surface area contributed by atoms with Crippen molar-refractivity contribution < 1.29 is 19.1 Å². The van der Waals surface area contributed by atoms with Crippen LogP contribution >= 0.6 is 0 Å². The number of benzene rings is 2. The standard InChI is InChI=1S/C26H32N4O4/c1-2-19-6-3-4-9-23(19)28-24(31)17-29-12-14-30(15-13-29)25(32)18-34-22-8-5-7-21(16-22)27-26(33)20-10-11-20/h3-9,16,20H,2,10-15,17-18H2,1H3,(H,27,33)(H,28,31). The van der Waals surface area contributed by atoms with Gasteiger partial charge in [0, 0.05) is 49.5 Å². The summed E-state index contributed by atoms with van der Waals surface area (Å²) in [6.07, 6.45) is 2.75. The van der Waals surface area contributed by atoms with Crippen molar-refractivity contribution in [3.8, 4) is 5.75 Å². The highest BCUT2D eigenvalue weighted by atomic mass is 16.5. The third-order valence-electron chi connectivity index (χ3n) is 6.18. The molecule has 0 atom stereocenters. The Hall–Kier alpha value is -3.39. The normalized spacial score (nSPS) is 16.1. The third-order valence-corrected chi connectivity index (χ3v) is 6.18. The molecule has 0 spiro atoms. The Kier molecular flexibility index (Phi) is 7.80. The Morgan fingerprint density at radius 2 is 1.74 bits per heavy atom. The largest absolute Gasteiger partial charge is 0.484 e. The van der Waals surface area contributed by atoms with Gasteiger partial charge in [-0.25, -0.2) is 0 Å². The highest BCUT2D eigenvalue weighted by Gasteiger charge is 2.29. The minimum Gasteiger partial charge on any atom is -0.484 e. The summed E-state index contributed by atoms with van der Waals surface area (Å²) in [6.45, 7) is 4.68. The summed E-state index contributed by atoms with van der Waals surface area (Å²) in [7, 11) is 0. The van der Waals surface area contributed by atoms with Gasteiger partial charge in [-0.1, -0.05) is 31.2 Å². The zero-order chi connectivity index (χ0) is 23.9. The van der Waals surface area contributed by atoms with E-state index in [1.807, 2.05) is 30.3 Å². The molecule has 2 N–H and O–H groups in total. The Morgan fingerprint density at radius 3 is 2.47 bits per heavy atom. The van der Waals surface area contributed by atoms with Crippen molar-refractivity contribution in [2.75, 3.05) is 50.0 Å². The molecule has 1 saturated carbocycles. The van der Waals surface area contributed by atoms with Gasteiger partial charge in [-0.15, -0.1) is 0 Å². The van der Waals surface area contributed by atoms with E-state index in [2.05, 4.69) is 22.5 Å². The fraction of sp³-hybridized carbons (Fsp3) is 0.423. The highest BCUT2D eigenvalue weighted by Crippen LogP contribution is 2.30. The second-order valence-corrected chi connectivity index (χ2v) is 8.80. The van der Waals surface area contributed by atoms with Crippen LogP contribution in [0.1, 0.15) is 25.3 Å². The van der Waals surface area contributed by atoms with Crippen molar-refractivity contribution in [2.24, 2.45) is 5.92 Å². The number of hydrogen-bond donors (Lipinski definition) is 2. The van der Waals surface area contributed by atoms with Crippen LogP contribution in [0.25, 0.3) is 0 Å². The number of aryl methyl sites for hydroxylation is 1. The Bertz CT molecular complexity index is 1030. The number of carbonyl (C=O) groups excluding carboxylic acids is 3. The summed E-state index contributed by atoms with van der Waals surface area (Å²) in [6, 6.07) is 14.9. The zero-order valence-electron chi connectivity index (χ0n) is 19.6. The summed E-state index contributed by atoms with van der Waals surface area (Å²) in [4.78, 5) is 40.8. The molecule has 180 valence electrons. The van der Waals surface area contributed by atoms with E-state index in [4.69, 9.17) is 4.74 Å². The number of carbonyl (C=O) groups is 3. The number of hydrogen-bond acceptors (Lipinski definition) is 5. The van der Waals surface area contributed by atoms with E-state index >= 15 is 0 Å². The molecule has 0 unspecified atom stereocenters. The fourth-order valence-corrected chi connectivity index (χ4v) is 3.99. The Labute approximate surface area is 200 Å². The van der Waals surface area contributed by atoms with Crippen LogP contribution in [-0.2, 0) is 20.8 Å². The van der Waals surface area contributed by atoms with Crippen LogP contribution in [0.3, 0.4) is 0 Å². The van der Waals surface area contributed by atoms with Crippen LogP contribution in [0.5, 0.6) is 5.75 Å². The van der Waals surface area contributed by atoms with Crippen LogP contribution in [0.2, 0.25) is 0 Å². The maximum atomic E-state index is 12.6. The third kappa shape index (κ3) is 6.57. The van der Waals surface area contributed by atoms with E-state index in [-0.39, 0.29) is 30.2 Å². The molecule has 2 aromatic carbocycles. The van der Waals surface area contributed by atoms with Gasteiger partial charge in [0.05, 0.1) is 6.54 Å². The van der Waals surface area contributed by atoms with E-state index in [1.54, 1.807) is 23.1 Å². The fourth-order valence-electron chi connectivity index (χ4n) is 3.99.